The van der Waals surface area contributed by atoms with Crippen molar-refractivity contribution in [1.82, 2.24) is 18.3 Å². The lowest BCUT2D eigenvalue weighted by Crippen LogP contribution is -2.15. The topological polar surface area (TPSA) is 19.7 Å². The first kappa shape index (κ1) is 81.6. The fraction of sp³-hybridized carbons (Fsp3) is 0.0909. The Kier molecular flexibility index (Phi) is 17.8. The number of benzene rings is 19. The molecule has 19 aromatic carbocycles. The average Bonchev–Trinajstić information content (AvgIpc) is 1.62. The highest BCUT2D eigenvalue weighted by atomic mass is 32.1. The van der Waals surface area contributed by atoms with Crippen LogP contribution in [0.4, 0.5) is 0 Å². The zero-order chi connectivity index (χ0) is 92.8. The van der Waals surface area contributed by atoms with Crippen molar-refractivity contribution in [3.63, 3.8) is 0 Å². The summed E-state index contributed by atoms with van der Waals surface area (Å²) in [5.74, 6) is 0. The summed E-state index contributed by atoms with van der Waals surface area (Å²) in [5, 5.41) is 14.6. The van der Waals surface area contributed by atoms with Crippen LogP contribution >= 0.6 is 34.0 Å². The van der Waals surface area contributed by atoms with Gasteiger partial charge in [-0.15, -0.1) is 34.0 Å². The Morgan fingerprint density at radius 2 is 0.496 bits per heavy atom. The largest absolute Gasteiger partial charge is 0.309 e. The molecule has 7 heterocycles. The zero-order valence-electron chi connectivity index (χ0n) is 78.4. The van der Waals surface area contributed by atoms with E-state index < -0.39 is 0 Å². The van der Waals surface area contributed by atoms with E-state index in [1.165, 1.54) is 272 Å². The summed E-state index contributed by atoms with van der Waals surface area (Å²) in [4.78, 5) is 0. The molecule has 4 aliphatic carbocycles. The Labute approximate surface area is 819 Å². The first-order chi connectivity index (χ1) is 68.0. The number of hydrogen-bond donors (Lipinski definition) is 0. The van der Waals surface area contributed by atoms with Crippen LogP contribution in [-0.2, 0) is 21.7 Å². The van der Waals surface area contributed by atoms with Crippen LogP contribution in [0.15, 0.2) is 425 Å². The van der Waals surface area contributed by atoms with Crippen LogP contribution in [0, 0.1) is 0 Å². The predicted molar refractivity (Wildman–Crippen MR) is 595 cm³/mol. The summed E-state index contributed by atoms with van der Waals surface area (Å²) in [6.45, 7) is 19.1. The van der Waals surface area contributed by atoms with Crippen LogP contribution in [0.25, 0.3) is 227 Å². The van der Waals surface area contributed by atoms with E-state index in [2.05, 4.69) is 498 Å². The average molecular weight is 1830 g/mol. The van der Waals surface area contributed by atoms with Crippen molar-refractivity contribution in [2.45, 2.75) is 77.0 Å². The van der Waals surface area contributed by atoms with Crippen molar-refractivity contribution < 1.29 is 0 Å². The maximum atomic E-state index is 2.53. The highest BCUT2D eigenvalue weighted by Crippen LogP contribution is 2.60. The summed E-state index contributed by atoms with van der Waals surface area (Å²) in [6, 6.07) is 158. The Balaban J connectivity index is 0.000000105. The van der Waals surface area contributed by atoms with Gasteiger partial charge in [0.2, 0.25) is 0 Å². The van der Waals surface area contributed by atoms with E-state index in [1.54, 1.807) is 0 Å². The Morgan fingerprint density at radius 1 is 0.165 bits per heavy atom. The van der Waals surface area contributed by atoms with Gasteiger partial charge in [-0.25, -0.2) is 0 Å². The predicted octanol–water partition coefficient (Wildman–Crippen LogP) is 37.0. The standard InChI is InChI=1S/C53H36N2S.C44H33NS.C35H25NS/c1-53(2)45-17-9-6-16-41(45)52-51(53)44-32-36(35-22-27-47-42(30-35)39-14-7-10-18-46(39)54(47)37-12-4-3-5-13-37)23-28-48(44)55(52)38-25-20-33(21-26-38)34-24-29-50-43(31-34)40-15-8-11-19-49(40)56-50;1-43(2)36-24-26(28-15-11-16-32-31-12-7-10-19-39(31)46-42(28)32)20-22-29(36)30-23-21-27(25-37(30)43)45-38-18-9-6-14-34(38)40-41(45)33-13-5-8-17-35(33)44(40,3)4;1-35(2)29-15-6-3-11-27(29)33-32(35)28-12-4-7-16-30(28)36(33)23-20-18-22(19-21-23)24-13-9-14-26-25-10-5-8-17-31(25)37-34(24)26/h3-32H,1-2H3;5-25H,1-4H3;3-21H,1-2H3. The van der Waals surface area contributed by atoms with Crippen molar-refractivity contribution in [3.8, 4) is 112 Å². The molecule has 4 nitrogen and oxygen atoms in total. The minimum atomic E-state index is -0.153. The molecule has 0 radical (unpaired) electrons. The molecular formula is C132H94N4S3. The molecule has 0 unspecified atom stereocenters. The minimum absolute atomic E-state index is 0.0342. The molecule has 0 bridgehead atoms. The van der Waals surface area contributed by atoms with E-state index in [0.29, 0.717) is 0 Å². The summed E-state index contributed by atoms with van der Waals surface area (Å²) in [5.41, 5.74) is 42.7. The fourth-order valence-electron chi connectivity index (χ4n) is 25.0. The fourth-order valence-corrected chi connectivity index (χ4v) is 28.6. The SMILES string of the molecule is CC1(C)c2cc(-c3cccc4c3sc3ccccc34)ccc2-c2ccc(-n3c4c(c5ccccc53)C(C)(C)c3ccccc3-4)cc21.CC1(C)c2ccccc2-c2c1c1cc(-c3ccc4c(c3)c3ccccc3n4-c3ccccc3)ccc1n2-c1ccc(-c2ccc3sc4ccccc4c3c2)cc1.CC1(C)c2ccccc2-c2c1c1ccccc1n2-c1ccc(-c2cccc3c2sc2ccccc23)cc1. The molecule has 26 aromatic rings. The van der Waals surface area contributed by atoms with Gasteiger partial charge < -0.3 is 18.3 Å². The number of rotatable bonds is 8. The molecule has 0 fully saturated rings. The van der Waals surface area contributed by atoms with Crippen molar-refractivity contribution in [2.75, 3.05) is 0 Å². The highest BCUT2D eigenvalue weighted by Gasteiger charge is 2.45. The third kappa shape index (κ3) is 12.0. The third-order valence-electron chi connectivity index (χ3n) is 31.5. The van der Waals surface area contributed by atoms with Crippen LogP contribution in [-0.4, -0.2) is 18.3 Å². The smallest absolute Gasteiger partial charge is 0.0584 e. The normalized spacial score (nSPS) is 14.1. The van der Waals surface area contributed by atoms with E-state index in [9.17, 15) is 0 Å². The van der Waals surface area contributed by atoms with Gasteiger partial charge in [0.1, 0.15) is 0 Å². The number of para-hydroxylation sites is 4. The summed E-state index contributed by atoms with van der Waals surface area (Å²) in [7, 11) is 0. The molecule has 139 heavy (non-hydrogen) atoms. The number of aromatic nitrogens is 4. The van der Waals surface area contributed by atoms with Crippen LogP contribution in [0.5, 0.6) is 0 Å². The van der Waals surface area contributed by atoms with Crippen LogP contribution in [0.1, 0.15) is 99.9 Å². The molecule has 4 aliphatic rings. The van der Waals surface area contributed by atoms with Gasteiger partial charge in [0.15, 0.2) is 0 Å². The molecule has 0 aliphatic heterocycles. The van der Waals surface area contributed by atoms with Gasteiger partial charge in [0, 0.05) is 149 Å². The quantitative estimate of drug-likeness (QED) is 0.144. The Hall–Kier alpha value is -15.7. The lowest BCUT2D eigenvalue weighted by Gasteiger charge is -2.23. The Bertz CT molecular complexity index is 9700. The molecule has 0 saturated heterocycles. The van der Waals surface area contributed by atoms with E-state index in [1.807, 2.05) is 34.0 Å². The lowest BCUT2D eigenvalue weighted by molar-refractivity contribution is 0.660. The molecule has 0 saturated carbocycles. The van der Waals surface area contributed by atoms with E-state index in [0.717, 1.165) is 0 Å². The van der Waals surface area contributed by atoms with Crippen molar-refractivity contribution >= 4 is 149 Å². The van der Waals surface area contributed by atoms with Gasteiger partial charge in [-0.2, -0.15) is 0 Å². The number of thiophene rings is 3. The van der Waals surface area contributed by atoms with Gasteiger partial charge in [0.05, 0.1) is 44.7 Å². The molecule has 0 spiro atoms. The monoisotopic (exact) mass is 1830 g/mol. The van der Waals surface area contributed by atoms with Crippen LogP contribution in [0.2, 0.25) is 0 Å². The second-order valence-electron chi connectivity index (χ2n) is 40.5. The van der Waals surface area contributed by atoms with Crippen LogP contribution in [0.3, 0.4) is 0 Å². The maximum Gasteiger partial charge on any atom is 0.0584 e. The van der Waals surface area contributed by atoms with Gasteiger partial charge >= 0.3 is 0 Å². The van der Waals surface area contributed by atoms with Gasteiger partial charge in [-0.1, -0.05) is 353 Å². The summed E-state index contributed by atoms with van der Waals surface area (Å²) in [6.07, 6.45) is 0. The summed E-state index contributed by atoms with van der Waals surface area (Å²) < 4.78 is 18.0. The first-order valence-electron chi connectivity index (χ1n) is 48.6. The van der Waals surface area contributed by atoms with Crippen LogP contribution < -0.4 is 0 Å². The molecular weight excluding hydrogens is 1740 g/mol. The molecule has 0 atom stereocenters. The third-order valence-corrected chi connectivity index (χ3v) is 35.1. The highest BCUT2D eigenvalue weighted by molar-refractivity contribution is 7.27. The van der Waals surface area contributed by atoms with E-state index in [-0.39, 0.29) is 21.7 Å². The van der Waals surface area contributed by atoms with Gasteiger partial charge in [-0.3, -0.25) is 0 Å². The van der Waals surface area contributed by atoms with E-state index in [4.69, 9.17) is 0 Å². The van der Waals surface area contributed by atoms with Crippen molar-refractivity contribution in [3.05, 3.63) is 469 Å². The number of nitrogens with zero attached hydrogens (tertiary/aromatic N) is 4. The summed E-state index contributed by atoms with van der Waals surface area (Å²) >= 11 is 5.67. The van der Waals surface area contributed by atoms with Gasteiger partial charge in [0.25, 0.3) is 0 Å². The molecule has 0 amide bonds. The molecule has 0 N–H and O–H groups in total. The van der Waals surface area contributed by atoms with Crippen molar-refractivity contribution in [1.29, 1.82) is 0 Å². The minimum Gasteiger partial charge on any atom is -0.309 e. The van der Waals surface area contributed by atoms with E-state index >= 15 is 0 Å². The van der Waals surface area contributed by atoms with Gasteiger partial charge in [-0.05, 0) is 228 Å². The zero-order valence-corrected chi connectivity index (χ0v) is 80.9. The molecule has 660 valence electrons. The Morgan fingerprint density at radius 3 is 1.04 bits per heavy atom. The number of fused-ring (bicyclic) bond motifs is 30. The van der Waals surface area contributed by atoms with Crippen molar-refractivity contribution in [2.24, 2.45) is 0 Å². The maximum absolute atomic E-state index is 2.53. The molecule has 7 aromatic heterocycles. The first-order valence-corrected chi connectivity index (χ1v) is 51.0. The molecule has 7 heteroatoms. The lowest BCUT2D eigenvalue weighted by atomic mass is 9.81. The second-order valence-corrected chi connectivity index (χ2v) is 43.6. The molecule has 30 rings (SSSR count). The number of hydrogen-bond acceptors (Lipinski definition) is 3. The second kappa shape index (κ2) is 30.4.